The minimum atomic E-state index is -0.452. The predicted molar refractivity (Wildman–Crippen MR) is 88.6 cm³/mol. The van der Waals surface area contributed by atoms with Gasteiger partial charge >= 0.3 is 5.69 Å². The lowest BCUT2D eigenvalue weighted by Gasteiger charge is -2.34. The van der Waals surface area contributed by atoms with Gasteiger partial charge in [0.25, 0.3) is 5.91 Å². The molecular weight excluding hydrogens is 324 g/mol. The van der Waals surface area contributed by atoms with E-state index in [1.54, 1.807) is 9.80 Å². The fourth-order valence-electron chi connectivity index (χ4n) is 2.46. The highest BCUT2D eigenvalue weighted by molar-refractivity contribution is 5.94. The van der Waals surface area contributed by atoms with Gasteiger partial charge in [-0.2, -0.15) is 0 Å². The number of anilines is 1. The zero-order chi connectivity index (χ0) is 17.6. The molecule has 0 atom stereocenters. The van der Waals surface area contributed by atoms with Crippen molar-refractivity contribution in [2.24, 2.45) is 0 Å². The summed E-state index contributed by atoms with van der Waals surface area (Å²) >= 11 is 0. The van der Waals surface area contributed by atoms with Crippen molar-refractivity contribution in [2.45, 2.75) is 0 Å². The number of carbonyl (C=O) groups is 1. The van der Waals surface area contributed by atoms with Crippen LogP contribution in [0.15, 0.2) is 36.9 Å². The van der Waals surface area contributed by atoms with Gasteiger partial charge in [0.2, 0.25) is 5.82 Å². The van der Waals surface area contributed by atoms with Crippen LogP contribution in [0.3, 0.4) is 0 Å². The number of hydrogen-bond donors (Lipinski definition) is 0. The second kappa shape index (κ2) is 7.35. The summed E-state index contributed by atoms with van der Waals surface area (Å²) in [5.74, 6) is 5.24. The second-order valence-corrected chi connectivity index (χ2v) is 5.22. The number of piperazine rings is 1. The first kappa shape index (κ1) is 16.3. The summed E-state index contributed by atoms with van der Waals surface area (Å²) < 4.78 is 0. The lowest BCUT2D eigenvalue weighted by atomic mass is 10.2. The van der Waals surface area contributed by atoms with Crippen molar-refractivity contribution in [2.75, 3.05) is 31.1 Å². The molecule has 9 heteroatoms. The number of aromatic nitrogens is 3. The molecule has 0 spiro atoms. The maximum atomic E-state index is 12.2. The number of amides is 1. The van der Waals surface area contributed by atoms with Crippen molar-refractivity contribution in [1.29, 1.82) is 0 Å². The number of pyridine rings is 1. The molecule has 0 bridgehead atoms. The molecule has 0 aliphatic carbocycles. The molecule has 25 heavy (non-hydrogen) atoms. The third-order valence-corrected chi connectivity index (χ3v) is 3.69. The number of nitrogens with zero attached hydrogens (tertiary/aromatic N) is 6. The molecule has 0 unspecified atom stereocenters. The molecule has 0 radical (unpaired) electrons. The topological polar surface area (TPSA) is 105 Å². The summed E-state index contributed by atoms with van der Waals surface area (Å²) in [5.41, 5.74) is 0.392. The highest BCUT2D eigenvalue weighted by Crippen LogP contribution is 2.25. The molecule has 1 fully saturated rings. The molecule has 0 aromatic carbocycles. The third-order valence-electron chi connectivity index (χ3n) is 3.69. The van der Waals surface area contributed by atoms with Gasteiger partial charge in [-0.3, -0.25) is 19.9 Å². The lowest BCUT2D eigenvalue weighted by Crippen LogP contribution is -2.48. The van der Waals surface area contributed by atoms with Crippen LogP contribution in [0.1, 0.15) is 5.69 Å². The van der Waals surface area contributed by atoms with Gasteiger partial charge in [-0.15, -0.1) is 0 Å². The molecule has 0 N–H and O–H groups in total. The van der Waals surface area contributed by atoms with Crippen LogP contribution in [-0.4, -0.2) is 56.9 Å². The number of hydrogen-bond acceptors (Lipinski definition) is 7. The van der Waals surface area contributed by atoms with E-state index >= 15 is 0 Å². The average Bonchev–Trinajstić information content (AvgIpc) is 2.67. The van der Waals surface area contributed by atoms with E-state index in [4.69, 9.17) is 0 Å². The van der Waals surface area contributed by atoms with Crippen molar-refractivity contribution < 1.29 is 9.72 Å². The fraction of sp³-hybridized carbons (Fsp3) is 0.250. The number of rotatable bonds is 2. The van der Waals surface area contributed by atoms with E-state index < -0.39 is 4.92 Å². The Morgan fingerprint density at radius 2 is 1.96 bits per heavy atom. The Labute approximate surface area is 143 Å². The summed E-state index contributed by atoms with van der Waals surface area (Å²) in [6.45, 7) is 1.75. The Morgan fingerprint density at radius 3 is 2.64 bits per heavy atom. The van der Waals surface area contributed by atoms with Crippen molar-refractivity contribution >= 4 is 17.4 Å². The highest BCUT2D eigenvalue weighted by atomic mass is 16.6. The highest BCUT2D eigenvalue weighted by Gasteiger charge is 2.26. The van der Waals surface area contributed by atoms with Gasteiger partial charge in [-0.1, -0.05) is 0 Å². The van der Waals surface area contributed by atoms with E-state index in [0.29, 0.717) is 37.7 Å². The number of nitro groups is 1. The predicted octanol–water partition coefficient (Wildman–Crippen LogP) is 0.480. The van der Waals surface area contributed by atoms with Crippen LogP contribution >= 0.6 is 0 Å². The molecule has 3 rings (SSSR count). The Morgan fingerprint density at radius 1 is 1.16 bits per heavy atom. The minimum absolute atomic E-state index is 0.0373. The first-order valence-electron chi connectivity index (χ1n) is 7.56. The van der Waals surface area contributed by atoms with Gasteiger partial charge < -0.3 is 9.80 Å². The zero-order valence-electron chi connectivity index (χ0n) is 13.2. The van der Waals surface area contributed by atoms with E-state index in [1.807, 2.05) is 0 Å². The van der Waals surface area contributed by atoms with Crippen molar-refractivity contribution in [1.82, 2.24) is 19.9 Å². The van der Waals surface area contributed by atoms with E-state index in [1.165, 1.54) is 36.9 Å². The molecular formula is C16H14N6O3. The van der Waals surface area contributed by atoms with E-state index in [-0.39, 0.29) is 11.6 Å². The molecule has 9 nitrogen and oxygen atoms in total. The SMILES string of the molecule is O=C(C#Cc1cnccn1)N1CCN(c2ncccc2[N+](=O)[O-])CC1. The maximum Gasteiger partial charge on any atom is 0.311 e. The smallest absolute Gasteiger partial charge is 0.311 e. The van der Waals surface area contributed by atoms with Gasteiger partial charge in [-0.25, -0.2) is 9.97 Å². The molecule has 0 saturated carbocycles. The van der Waals surface area contributed by atoms with Crippen LogP contribution < -0.4 is 4.90 Å². The average molecular weight is 338 g/mol. The lowest BCUT2D eigenvalue weighted by molar-refractivity contribution is -0.384. The van der Waals surface area contributed by atoms with Crippen LogP contribution in [0.4, 0.5) is 11.5 Å². The second-order valence-electron chi connectivity index (χ2n) is 5.22. The van der Waals surface area contributed by atoms with Crippen LogP contribution in [0.2, 0.25) is 0 Å². The summed E-state index contributed by atoms with van der Waals surface area (Å²) in [7, 11) is 0. The minimum Gasteiger partial charge on any atom is -0.347 e. The molecule has 1 saturated heterocycles. The molecule has 1 aliphatic heterocycles. The maximum absolute atomic E-state index is 12.2. The van der Waals surface area contributed by atoms with E-state index in [2.05, 4.69) is 26.8 Å². The van der Waals surface area contributed by atoms with Crippen LogP contribution in [0, 0.1) is 22.0 Å². The molecule has 1 aliphatic rings. The Kier molecular flexibility index (Phi) is 4.80. The largest absolute Gasteiger partial charge is 0.347 e. The Hall–Kier alpha value is -3.54. The summed E-state index contributed by atoms with van der Waals surface area (Å²) in [4.78, 5) is 38.2. The van der Waals surface area contributed by atoms with Gasteiger partial charge in [0.1, 0.15) is 5.69 Å². The Balaban J connectivity index is 1.64. The van der Waals surface area contributed by atoms with Gasteiger partial charge in [0, 0.05) is 56.8 Å². The van der Waals surface area contributed by atoms with Crippen LogP contribution in [0.5, 0.6) is 0 Å². The first-order valence-corrected chi connectivity index (χ1v) is 7.56. The quantitative estimate of drug-likeness (QED) is 0.445. The molecule has 2 aromatic heterocycles. The van der Waals surface area contributed by atoms with E-state index in [0.717, 1.165) is 0 Å². The zero-order valence-corrected chi connectivity index (χ0v) is 13.2. The summed E-state index contributed by atoms with van der Waals surface area (Å²) in [5, 5.41) is 11.1. The molecule has 3 heterocycles. The van der Waals surface area contributed by atoms with Crippen LogP contribution in [-0.2, 0) is 4.79 Å². The number of carbonyl (C=O) groups excluding carboxylic acids is 1. The molecule has 2 aromatic rings. The summed E-state index contributed by atoms with van der Waals surface area (Å²) in [6, 6.07) is 2.95. The van der Waals surface area contributed by atoms with Gasteiger partial charge in [0.15, 0.2) is 0 Å². The van der Waals surface area contributed by atoms with Crippen molar-refractivity contribution in [3.8, 4) is 11.8 Å². The Bertz CT molecular complexity index is 838. The monoisotopic (exact) mass is 338 g/mol. The standard InChI is InChI=1S/C16H14N6O3/c23-15(4-3-13-12-17-6-7-18-13)20-8-10-21(11-9-20)16-14(22(24)25)2-1-5-19-16/h1-2,5-7,12H,8-11H2. The van der Waals surface area contributed by atoms with E-state index in [9.17, 15) is 14.9 Å². The van der Waals surface area contributed by atoms with Crippen molar-refractivity contribution in [3.63, 3.8) is 0 Å². The first-order chi connectivity index (χ1) is 12.1. The normalized spacial score (nSPS) is 13.8. The third kappa shape index (κ3) is 3.87. The van der Waals surface area contributed by atoms with Crippen LogP contribution in [0.25, 0.3) is 0 Å². The summed E-state index contributed by atoms with van der Waals surface area (Å²) in [6.07, 6.45) is 6.04. The molecule has 126 valence electrons. The van der Waals surface area contributed by atoms with Crippen molar-refractivity contribution in [3.05, 3.63) is 52.7 Å². The fourth-order valence-corrected chi connectivity index (χ4v) is 2.46. The van der Waals surface area contributed by atoms with Gasteiger partial charge in [0.05, 0.1) is 11.1 Å². The van der Waals surface area contributed by atoms with Gasteiger partial charge in [-0.05, 0) is 12.0 Å². The molecule has 1 amide bonds.